The quantitative estimate of drug-likeness (QED) is 0.841. The van der Waals surface area contributed by atoms with E-state index in [9.17, 15) is 9.90 Å². The number of aliphatic hydroxyl groups excluding tert-OH is 1. The molecule has 1 N–H and O–H groups in total. The van der Waals surface area contributed by atoms with Crippen LogP contribution in [0.25, 0.3) is 11.1 Å². The van der Waals surface area contributed by atoms with Crippen molar-refractivity contribution in [2.45, 2.75) is 6.10 Å². The van der Waals surface area contributed by atoms with Gasteiger partial charge in [-0.15, -0.1) is 0 Å². The number of benzene rings is 2. The smallest absolute Gasteiger partial charge is 0.339 e. The lowest BCUT2D eigenvalue weighted by atomic mass is 10.0. The number of hydrogen-bond donors (Lipinski definition) is 1. The van der Waals surface area contributed by atoms with Crippen LogP contribution in [0, 0.1) is 0 Å². The van der Waals surface area contributed by atoms with Crippen LogP contribution in [0.15, 0.2) is 54.6 Å². The van der Waals surface area contributed by atoms with Crippen molar-refractivity contribution >= 4 is 5.97 Å². The van der Waals surface area contributed by atoms with Gasteiger partial charge in [-0.05, 0) is 16.7 Å². The highest BCUT2D eigenvalue weighted by Crippen LogP contribution is 2.22. The van der Waals surface area contributed by atoms with E-state index in [1.165, 1.54) is 7.11 Å². The maximum atomic E-state index is 11.2. The Morgan fingerprint density at radius 3 is 2.11 bits per heavy atom. The molecule has 1 atom stereocenters. The highest BCUT2D eigenvalue weighted by Gasteiger charge is 2.17. The molecule has 0 heterocycles. The lowest BCUT2D eigenvalue weighted by Crippen LogP contribution is -2.13. The number of ether oxygens (including phenoxy) is 1. The third kappa shape index (κ3) is 2.57. The first-order valence-corrected chi connectivity index (χ1v) is 5.63. The van der Waals surface area contributed by atoms with Crippen molar-refractivity contribution in [1.29, 1.82) is 0 Å². The fourth-order valence-corrected chi connectivity index (χ4v) is 1.74. The molecule has 0 fully saturated rings. The van der Waals surface area contributed by atoms with Crippen molar-refractivity contribution in [3.05, 3.63) is 60.2 Å². The van der Waals surface area contributed by atoms with Crippen molar-refractivity contribution in [3.8, 4) is 11.1 Å². The summed E-state index contributed by atoms with van der Waals surface area (Å²) in [6, 6.07) is 17.1. The summed E-state index contributed by atoms with van der Waals surface area (Å²) in [7, 11) is 1.25. The van der Waals surface area contributed by atoms with Gasteiger partial charge in [0.25, 0.3) is 0 Å². The number of carbonyl (C=O) groups excluding carboxylic acids is 1. The summed E-state index contributed by atoms with van der Waals surface area (Å²) in [6.45, 7) is 0. The zero-order valence-electron chi connectivity index (χ0n) is 10.0. The molecule has 92 valence electrons. The van der Waals surface area contributed by atoms with E-state index in [1.54, 1.807) is 12.1 Å². The average molecular weight is 242 g/mol. The van der Waals surface area contributed by atoms with Crippen LogP contribution in [-0.2, 0) is 9.53 Å². The summed E-state index contributed by atoms with van der Waals surface area (Å²) in [5.74, 6) is -0.650. The third-order valence-electron chi connectivity index (χ3n) is 2.76. The fraction of sp³-hybridized carbons (Fsp3) is 0.133. The first-order valence-electron chi connectivity index (χ1n) is 5.63. The molecule has 0 spiro atoms. The standard InChI is InChI=1S/C15H14O3/c1-18-15(17)14(16)13-9-7-12(8-10-13)11-5-3-2-4-6-11/h2-10,14,16H,1H3. The maximum Gasteiger partial charge on any atom is 0.339 e. The van der Waals surface area contributed by atoms with Crippen molar-refractivity contribution in [2.24, 2.45) is 0 Å². The normalized spacial score (nSPS) is 11.9. The summed E-state index contributed by atoms with van der Waals surface area (Å²) in [4.78, 5) is 11.2. The predicted molar refractivity (Wildman–Crippen MR) is 68.9 cm³/mol. The minimum Gasteiger partial charge on any atom is -0.467 e. The molecule has 18 heavy (non-hydrogen) atoms. The number of hydrogen-bond acceptors (Lipinski definition) is 3. The number of aliphatic hydroxyl groups is 1. The van der Waals surface area contributed by atoms with Crippen LogP contribution in [0.4, 0.5) is 0 Å². The van der Waals surface area contributed by atoms with Crippen LogP contribution in [0.2, 0.25) is 0 Å². The van der Waals surface area contributed by atoms with E-state index in [4.69, 9.17) is 0 Å². The SMILES string of the molecule is COC(=O)C(O)c1ccc(-c2ccccc2)cc1. The van der Waals surface area contributed by atoms with E-state index in [1.807, 2.05) is 42.5 Å². The van der Waals surface area contributed by atoms with Gasteiger partial charge in [-0.25, -0.2) is 4.79 Å². The van der Waals surface area contributed by atoms with Gasteiger partial charge in [0.2, 0.25) is 0 Å². The van der Waals surface area contributed by atoms with E-state index in [0.717, 1.165) is 11.1 Å². The van der Waals surface area contributed by atoms with Crippen LogP contribution in [0.1, 0.15) is 11.7 Å². The second kappa shape index (κ2) is 5.47. The van der Waals surface area contributed by atoms with Crippen LogP contribution in [0.5, 0.6) is 0 Å². The largest absolute Gasteiger partial charge is 0.467 e. The number of methoxy groups -OCH3 is 1. The van der Waals surface area contributed by atoms with Crippen molar-refractivity contribution < 1.29 is 14.6 Å². The Morgan fingerprint density at radius 2 is 1.56 bits per heavy atom. The molecule has 1 unspecified atom stereocenters. The van der Waals surface area contributed by atoms with Gasteiger partial charge < -0.3 is 9.84 Å². The van der Waals surface area contributed by atoms with Crippen molar-refractivity contribution in [3.63, 3.8) is 0 Å². The number of esters is 1. The number of rotatable bonds is 3. The summed E-state index contributed by atoms with van der Waals surface area (Å²) >= 11 is 0. The molecule has 0 aliphatic carbocycles. The van der Waals surface area contributed by atoms with Gasteiger partial charge in [-0.2, -0.15) is 0 Å². The van der Waals surface area contributed by atoms with E-state index in [-0.39, 0.29) is 0 Å². The van der Waals surface area contributed by atoms with Crippen LogP contribution in [-0.4, -0.2) is 18.2 Å². The second-order valence-corrected chi connectivity index (χ2v) is 3.91. The van der Waals surface area contributed by atoms with Gasteiger partial charge in [-0.1, -0.05) is 54.6 Å². The monoisotopic (exact) mass is 242 g/mol. The Bertz CT molecular complexity index is 517. The van der Waals surface area contributed by atoms with Crippen LogP contribution in [0.3, 0.4) is 0 Å². The van der Waals surface area contributed by atoms with Gasteiger partial charge in [0.1, 0.15) is 0 Å². The molecule has 2 rings (SSSR count). The van der Waals surface area contributed by atoms with Gasteiger partial charge in [0.05, 0.1) is 7.11 Å². The molecule has 0 saturated heterocycles. The molecule has 0 aliphatic rings. The fourth-order valence-electron chi connectivity index (χ4n) is 1.74. The van der Waals surface area contributed by atoms with Crippen molar-refractivity contribution in [2.75, 3.05) is 7.11 Å². The van der Waals surface area contributed by atoms with E-state index < -0.39 is 12.1 Å². The molecule has 2 aromatic carbocycles. The average Bonchev–Trinajstić information content (AvgIpc) is 2.47. The number of carbonyl (C=O) groups is 1. The molecule has 3 nitrogen and oxygen atoms in total. The van der Waals surface area contributed by atoms with Gasteiger partial charge in [0.15, 0.2) is 6.10 Å². The minimum absolute atomic E-state index is 0.529. The van der Waals surface area contributed by atoms with Crippen LogP contribution >= 0.6 is 0 Å². The molecule has 0 aromatic heterocycles. The zero-order valence-corrected chi connectivity index (χ0v) is 10.0. The second-order valence-electron chi connectivity index (χ2n) is 3.91. The molecule has 0 saturated carbocycles. The van der Waals surface area contributed by atoms with Gasteiger partial charge >= 0.3 is 5.97 Å². The van der Waals surface area contributed by atoms with E-state index in [2.05, 4.69) is 4.74 Å². The summed E-state index contributed by atoms with van der Waals surface area (Å²) < 4.78 is 4.49. The molecular weight excluding hydrogens is 228 g/mol. The Balaban J connectivity index is 2.23. The first kappa shape index (κ1) is 12.3. The highest BCUT2D eigenvalue weighted by atomic mass is 16.5. The Morgan fingerprint density at radius 1 is 1.00 bits per heavy atom. The molecule has 2 aromatic rings. The van der Waals surface area contributed by atoms with Gasteiger partial charge in [0, 0.05) is 0 Å². The molecule has 0 amide bonds. The van der Waals surface area contributed by atoms with E-state index in [0.29, 0.717) is 5.56 Å². The Hall–Kier alpha value is -2.13. The molecule has 0 radical (unpaired) electrons. The van der Waals surface area contributed by atoms with Crippen molar-refractivity contribution in [1.82, 2.24) is 0 Å². The predicted octanol–water partition coefficient (Wildman–Crippen LogP) is 2.56. The summed E-state index contributed by atoms with van der Waals surface area (Å²) in [6.07, 6.45) is -1.22. The van der Waals surface area contributed by atoms with E-state index >= 15 is 0 Å². The maximum absolute atomic E-state index is 11.2. The first-order chi connectivity index (χ1) is 8.72. The Labute approximate surface area is 106 Å². The minimum atomic E-state index is -1.22. The zero-order chi connectivity index (χ0) is 13.0. The Kier molecular flexibility index (Phi) is 3.75. The summed E-state index contributed by atoms with van der Waals surface area (Å²) in [5, 5.41) is 9.68. The van der Waals surface area contributed by atoms with Gasteiger partial charge in [-0.3, -0.25) is 0 Å². The van der Waals surface area contributed by atoms with Crippen LogP contribution < -0.4 is 0 Å². The lowest BCUT2D eigenvalue weighted by molar-refractivity contribution is -0.150. The molecule has 3 heteroatoms. The topological polar surface area (TPSA) is 46.5 Å². The lowest BCUT2D eigenvalue weighted by Gasteiger charge is -2.09. The summed E-state index contributed by atoms with van der Waals surface area (Å²) in [5.41, 5.74) is 2.66. The molecule has 0 bridgehead atoms. The highest BCUT2D eigenvalue weighted by molar-refractivity contribution is 5.76. The molecule has 0 aliphatic heterocycles. The molecular formula is C15H14O3. The third-order valence-corrected chi connectivity index (χ3v) is 2.76.